The Hall–Kier alpha value is -0.650. The minimum Gasteiger partial charge on any atom is -0.480 e. The molecule has 1 unspecified atom stereocenters. The van der Waals surface area contributed by atoms with Crippen LogP contribution in [0.1, 0.15) is 25.7 Å². The van der Waals surface area contributed by atoms with Crippen LogP contribution >= 0.6 is 0 Å². The van der Waals surface area contributed by atoms with Crippen LogP contribution in [0.4, 0.5) is 0 Å². The normalized spacial score (nSPS) is 20.7. The Balaban J connectivity index is 2.53. The molecule has 1 aliphatic carbocycles. The fourth-order valence-corrected chi connectivity index (χ4v) is 2.51. The van der Waals surface area contributed by atoms with Crippen molar-refractivity contribution in [2.24, 2.45) is 0 Å². The van der Waals surface area contributed by atoms with Crippen molar-refractivity contribution in [2.45, 2.75) is 37.3 Å². The molecule has 0 radical (unpaired) electrons. The highest BCUT2D eigenvalue weighted by atomic mass is 16.5. The van der Waals surface area contributed by atoms with Gasteiger partial charge in [0.25, 0.3) is 0 Å². The zero-order chi connectivity index (χ0) is 12.9. The third kappa shape index (κ3) is 3.66. The molecular formula is C12H24N2O3. The van der Waals surface area contributed by atoms with E-state index in [0.29, 0.717) is 6.54 Å². The number of rotatable bonds is 7. The lowest BCUT2D eigenvalue weighted by molar-refractivity contribution is -0.141. The Kier molecular flexibility index (Phi) is 5.36. The Morgan fingerprint density at radius 1 is 1.47 bits per heavy atom. The zero-order valence-corrected chi connectivity index (χ0v) is 11.0. The molecule has 1 atom stereocenters. The monoisotopic (exact) mass is 244 g/mol. The van der Waals surface area contributed by atoms with Gasteiger partial charge in [0, 0.05) is 19.2 Å². The molecule has 1 fully saturated rings. The van der Waals surface area contributed by atoms with Crippen LogP contribution in [0.15, 0.2) is 0 Å². The van der Waals surface area contributed by atoms with Gasteiger partial charge in [0.1, 0.15) is 6.04 Å². The fourth-order valence-electron chi connectivity index (χ4n) is 2.51. The summed E-state index contributed by atoms with van der Waals surface area (Å²) in [6.45, 7) is 0.916. The second-order valence-electron chi connectivity index (χ2n) is 5.05. The number of nitrogens with zero attached hydrogens (tertiary/aromatic N) is 1. The van der Waals surface area contributed by atoms with Gasteiger partial charge in [-0.25, -0.2) is 0 Å². The van der Waals surface area contributed by atoms with Crippen LogP contribution < -0.4 is 5.32 Å². The van der Waals surface area contributed by atoms with E-state index >= 15 is 0 Å². The first-order chi connectivity index (χ1) is 8.02. The largest absolute Gasteiger partial charge is 0.480 e. The van der Waals surface area contributed by atoms with Gasteiger partial charge in [-0.15, -0.1) is 0 Å². The first-order valence-electron chi connectivity index (χ1n) is 6.14. The molecule has 0 aromatic rings. The Labute approximate surface area is 103 Å². The van der Waals surface area contributed by atoms with Gasteiger partial charge >= 0.3 is 5.97 Å². The van der Waals surface area contributed by atoms with E-state index in [1.54, 1.807) is 0 Å². The fraction of sp³-hybridized carbons (Fsp3) is 0.917. The molecule has 17 heavy (non-hydrogen) atoms. The van der Waals surface area contributed by atoms with Crippen molar-refractivity contribution in [2.75, 3.05) is 34.4 Å². The molecule has 5 nitrogen and oxygen atoms in total. The zero-order valence-electron chi connectivity index (χ0n) is 11.0. The maximum absolute atomic E-state index is 11.0. The van der Waals surface area contributed by atoms with Crippen molar-refractivity contribution in [3.63, 3.8) is 0 Å². The average molecular weight is 244 g/mol. The molecule has 0 heterocycles. The van der Waals surface area contributed by atoms with Gasteiger partial charge in [0.15, 0.2) is 0 Å². The minimum atomic E-state index is -0.848. The number of carboxylic acid groups (broad SMARTS) is 1. The first-order valence-corrected chi connectivity index (χ1v) is 6.14. The molecule has 0 saturated heterocycles. The second kappa shape index (κ2) is 6.33. The van der Waals surface area contributed by atoms with Crippen LogP contribution in [0.5, 0.6) is 0 Å². The number of methoxy groups -OCH3 is 1. The highest BCUT2D eigenvalue weighted by Gasteiger charge is 2.36. The molecule has 0 aromatic carbocycles. The van der Waals surface area contributed by atoms with Gasteiger partial charge in [-0.05, 0) is 26.9 Å². The molecule has 0 aliphatic heterocycles. The van der Waals surface area contributed by atoms with Gasteiger partial charge in [0.2, 0.25) is 0 Å². The summed E-state index contributed by atoms with van der Waals surface area (Å²) < 4.78 is 4.92. The molecule has 1 rings (SSSR count). The topological polar surface area (TPSA) is 61.8 Å². The summed E-state index contributed by atoms with van der Waals surface area (Å²) in [5.41, 5.74) is 0.113. The summed E-state index contributed by atoms with van der Waals surface area (Å²) in [7, 11) is 5.66. The van der Waals surface area contributed by atoms with Crippen LogP contribution in [0.25, 0.3) is 0 Å². The van der Waals surface area contributed by atoms with E-state index in [9.17, 15) is 4.79 Å². The molecule has 2 N–H and O–H groups in total. The third-order valence-corrected chi connectivity index (χ3v) is 3.79. The number of aliphatic carboxylic acids is 1. The molecule has 100 valence electrons. The van der Waals surface area contributed by atoms with E-state index in [-0.39, 0.29) is 12.1 Å². The second-order valence-corrected chi connectivity index (χ2v) is 5.05. The van der Waals surface area contributed by atoms with Gasteiger partial charge in [-0.2, -0.15) is 0 Å². The van der Waals surface area contributed by atoms with E-state index < -0.39 is 12.0 Å². The Morgan fingerprint density at radius 3 is 2.47 bits per heavy atom. The number of nitrogens with one attached hydrogen (secondary N) is 1. The summed E-state index contributed by atoms with van der Waals surface area (Å²) in [5.74, 6) is -0.848. The number of hydrogen-bond acceptors (Lipinski definition) is 4. The predicted octanol–water partition coefficient (Wildman–Crippen LogP) is 0.550. The van der Waals surface area contributed by atoms with Crippen molar-refractivity contribution in [3.8, 4) is 0 Å². The molecule has 1 saturated carbocycles. The summed E-state index contributed by atoms with van der Waals surface area (Å²) in [6.07, 6.45) is 4.71. The Bertz CT molecular complexity index is 250. The van der Waals surface area contributed by atoms with Crippen molar-refractivity contribution in [3.05, 3.63) is 0 Å². The van der Waals surface area contributed by atoms with Gasteiger partial charge in [0.05, 0.1) is 6.61 Å². The van der Waals surface area contributed by atoms with Gasteiger partial charge < -0.3 is 20.1 Å². The van der Waals surface area contributed by atoms with Crippen LogP contribution in [0.2, 0.25) is 0 Å². The molecule has 0 spiro atoms. The molecule has 0 aromatic heterocycles. The molecule has 1 aliphatic rings. The highest BCUT2D eigenvalue weighted by molar-refractivity contribution is 5.73. The van der Waals surface area contributed by atoms with E-state index in [2.05, 4.69) is 24.3 Å². The van der Waals surface area contributed by atoms with Crippen molar-refractivity contribution >= 4 is 5.97 Å². The molecule has 5 heteroatoms. The average Bonchev–Trinajstić information content (AvgIpc) is 2.73. The molecular weight excluding hydrogens is 220 g/mol. The van der Waals surface area contributed by atoms with Gasteiger partial charge in [-0.1, -0.05) is 12.8 Å². The maximum Gasteiger partial charge on any atom is 0.323 e. The summed E-state index contributed by atoms with van der Waals surface area (Å²) in [4.78, 5) is 13.2. The molecule has 0 bridgehead atoms. The lowest BCUT2D eigenvalue weighted by Gasteiger charge is -2.37. The smallest absolute Gasteiger partial charge is 0.323 e. The number of carboxylic acids is 1. The van der Waals surface area contributed by atoms with Crippen LogP contribution in [0, 0.1) is 0 Å². The first kappa shape index (κ1) is 14.4. The summed E-state index contributed by atoms with van der Waals surface area (Å²) in [6, 6.07) is -0.613. The number of ether oxygens (including phenoxy) is 1. The summed E-state index contributed by atoms with van der Waals surface area (Å²) >= 11 is 0. The van der Waals surface area contributed by atoms with E-state index in [4.69, 9.17) is 9.84 Å². The lowest BCUT2D eigenvalue weighted by Crippen LogP contribution is -2.54. The lowest BCUT2D eigenvalue weighted by atomic mass is 9.95. The minimum absolute atomic E-state index is 0.113. The quantitative estimate of drug-likeness (QED) is 0.685. The van der Waals surface area contributed by atoms with Crippen LogP contribution in [-0.2, 0) is 9.53 Å². The highest BCUT2D eigenvalue weighted by Crippen LogP contribution is 2.33. The number of hydrogen-bond donors (Lipinski definition) is 2. The Morgan fingerprint density at radius 2 is 2.06 bits per heavy atom. The number of carbonyl (C=O) groups is 1. The number of likely N-dealkylation sites (N-methyl/N-ethyl adjacent to an activating group) is 1. The van der Waals surface area contributed by atoms with Crippen molar-refractivity contribution in [1.82, 2.24) is 10.2 Å². The maximum atomic E-state index is 11.0. The standard InChI is InChI=1S/C12H24N2O3/c1-14(2)12(6-4-5-7-12)9-13-10(8-17-3)11(15)16/h10,13H,4-9H2,1-3H3,(H,15,16). The van der Waals surface area contributed by atoms with Crippen LogP contribution in [-0.4, -0.2) is 61.9 Å². The van der Waals surface area contributed by atoms with E-state index in [1.807, 2.05) is 0 Å². The van der Waals surface area contributed by atoms with E-state index in [1.165, 1.54) is 20.0 Å². The van der Waals surface area contributed by atoms with Crippen molar-refractivity contribution < 1.29 is 14.6 Å². The van der Waals surface area contributed by atoms with E-state index in [0.717, 1.165) is 12.8 Å². The molecule has 0 amide bonds. The van der Waals surface area contributed by atoms with Gasteiger partial charge in [-0.3, -0.25) is 4.79 Å². The SMILES string of the molecule is COCC(NCC1(N(C)C)CCCC1)C(=O)O. The summed E-state index contributed by atoms with van der Waals surface area (Å²) in [5, 5.41) is 12.2. The van der Waals surface area contributed by atoms with Crippen molar-refractivity contribution in [1.29, 1.82) is 0 Å². The third-order valence-electron chi connectivity index (χ3n) is 3.79. The van der Waals surface area contributed by atoms with Crippen LogP contribution in [0.3, 0.4) is 0 Å². The predicted molar refractivity (Wildman–Crippen MR) is 66.2 cm³/mol.